The number of hydrogen-bond donors (Lipinski definition) is 1. The van der Waals surface area contributed by atoms with Gasteiger partial charge in [0.25, 0.3) is 0 Å². The third-order valence-electron chi connectivity index (χ3n) is 5.56. The molecule has 4 rings (SSSR count). The average molecular weight is 343 g/mol. The summed E-state index contributed by atoms with van der Waals surface area (Å²) in [5, 5.41) is 3.07. The molecule has 25 heavy (non-hydrogen) atoms. The normalized spacial score (nSPS) is 24.3. The van der Waals surface area contributed by atoms with Gasteiger partial charge in [0.05, 0.1) is 30.5 Å². The second kappa shape index (κ2) is 7.04. The van der Waals surface area contributed by atoms with E-state index in [0.29, 0.717) is 32.2 Å². The van der Waals surface area contributed by atoms with Gasteiger partial charge < -0.3 is 19.9 Å². The fourth-order valence-corrected chi connectivity index (χ4v) is 3.85. The van der Waals surface area contributed by atoms with Crippen LogP contribution < -0.4 is 10.2 Å². The zero-order valence-electron chi connectivity index (χ0n) is 14.4. The van der Waals surface area contributed by atoms with Crippen LogP contribution >= 0.6 is 0 Å². The highest BCUT2D eigenvalue weighted by molar-refractivity contribution is 5.99. The fourth-order valence-electron chi connectivity index (χ4n) is 3.85. The van der Waals surface area contributed by atoms with Gasteiger partial charge in [-0.2, -0.15) is 0 Å². The monoisotopic (exact) mass is 343 g/mol. The highest BCUT2D eigenvalue weighted by atomic mass is 16.5. The molecule has 1 aromatic rings. The Bertz CT molecular complexity index is 653. The fraction of sp³-hybridized carbons (Fsp3) is 0.579. The quantitative estimate of drug-likeness (QED) is 0.906. The molecule has 1 saturated carbocycles. The van der Waals surface area contributed by atoms with Crippen LogP contribution in [0.3, 0.4) is 0 Å². The number of benzene rings is 1. The predicted molar refractivity (Wildman–Crippen MR) is 95.6 cm³/mol. The van der Waals surface area contributed by atoms with Crippen LogP contribution in [-0.2, 0) is 14.3 Å². The first-order chi connectivity index (χ1) is 12.2. The minimum Gasteiger partial charge on any atom is -0.378 e. The Balaban J connectivity index is 1.43. The Hall–Kier alpha value is -2.08. The molecule has 3 fully saturated rings. The minimum atomic E-state index is -0.245. The molecule has 1 N–H and O–H groups in total. The molecule has 2 amide bonds. The van der Waals surface area contributed by atoms with Crippen molar-refractivity contribution in [2.45, 2.75) is 31.7 Å². The van der Waals surface area contributed by atoms with E-state index in [1.54, 1.807) is 0 Å². The van der Waals surface area contributed by atoms with E-state index in [9.17, 15) is 9.59 Å². The van der Waals surface area contributed by atoms with Gasteiger partial charge in [-0.3, -0.25) is 9.59 Å². The van der Waals surface area contributed by atoms with E-state index in [1.807, 2.05) is 29.2 Å². The molecule has 3 aliphatic rings. The van der Waals surface area contributed by atoms with E-state index >= 15 is 0 Å². The summed E-state index contributed by atoms with van der Waals surface area (Å²) in [7, 11) is 0. The molecule has 2 saturated heterocycles. The zero-order chi connectivity index (χ0) is 17.2. The zero-order valence-corrected chi connectivity index (χ0v) is 14.4. The Morgan fingerprint density at radius 2 is 1.92 bits per heavy atom. The lowest BCUT2D eigenvalue weighted by Gasteiger charge is -2.34. The third kappa shape index (κ3) is 3.35. The molecule has 2 aliphatic heterocycles. The predicted octanol–water partition coefficient (Wildman–Crippen LogP) is 1.86. The number of likely N-dealkylation sites (tertiary alicyclic amines) is 1. The first kappa shape index (κ1) is 16.4. The van der Waals surface area contributed by atoms with Gasteiger partial charge in [-0.25, -0.2) is 0 Å². The number of para-hydroxylation sites is 2. The summed E-state index contributed by atoms with van der Waals surface area (Å²) < 4.78 is 5.41. The topological polar surface area (TPSA) is 61.9 Å². The molecule has 6 nitrogen and oxygen atoms in total. The first-order valence-electron chi connectivity index (χ1n) is 9.24. The Morgan fingerprint density at radius 1 is 1.16 bits per heavy atom. The highest BCUT2D eigenvalue weighted by Crippen LogP contribution is 2.32. The molecule has 0 spiro atoms. The van der Waals surface area contributed by atoms with Crippen molar-refractivity contribution in [2.24, 2.45) is 5.92 Å². The molecule has 134 valence electrons. The van der Waals surface area contributed by atoms with Crippen molar-refractivity contribution in [2.75, 3.05) is 43.1 Å². The number of nitrogens with zero attached hydrogens (tertiary/aromatic N) is 2. The van der Waals surface area contributed by atoms with Crippen LogP contribution in [0.2, 0.25) is 0 Å². The summed E-state index contributed by atoms with van der Waals surface area (Å²) in [6.07, 6.45) is 3.69. The van der Waals surface area contributed by atoms with Crippen LogP contribution in [0.5, 0.6) is 0 Å². The summed E-state index contributed by atoms with van der Waals surface area (Å²) in [5.74, 6) is -0.159. The molecule has 1 aliphatic carbocycles. The van der Waals surface area contributed by atoms with Crippen LogP contribution in [-0.4, -0.2) is 55.6 Å². The molecule has 1 unspecified atom stereocenters. The van der Waals surface area contributed by atoms with Gasteiger partial charge in [0.1, 0.15) is 0 Å². The second-order valence-electron chi connectivity index (χ2n) is 7.14. The SMILES string of the molecule is O=C(Nc1ccccc1N1CCOCC1)C1CC(=O)N(C2CCC2)C1. The molecular formula is C19H25N3O3. The molecule has 1 aromatic carbocycles. The van der Waals surface area contributed by atoms with Crippen molar-refractivity contribution in [1.29, 1.82) is 0 Å². The van der Waals surface area contributed by atoms with Crippen molar-refractivity contribution >= 4 is 23.2 Å². The van der Waals surface area contributed by atoms with Crippen LogP contribution in [0, 0.1) is 5.92 Å². The standard InChI is InChI=1S/C19H25N3O3/c23-18-12-14(13-22(18)15-4-3-5-15)19(24)20-16-6-1-2-7-17(16)21-8-10-25-11-9-21/h1-2,6-7,14-15H,3-5,8-13H2,(H,20,24). The van der Waals surface area contributed by atoms with E-state index in [2.05, 4.69) is 10.2 Å². The molecule has 0 radical (unpaired) electrons. The van der Waals surface area contributed by atoms with Crippen molar-refractivity contribution in [1.82, 2.24) is 4.90 Å². The Kier molecular flexibility index (Phi) is 4.61. The number of hydrogen-bond acceptors (Lipinski definition) is 4. The van der Waals surface area contributed by atoms with Crippen LogP contribution in [0.1, 0.15) is 25.7 Å². The summed E-state index contributed by atoms with van der Waals surface area (Å²) in [6, 6.07) is 8.24. The van der Waals surface area contributed by atoms with Crippen LogP contribution in [0.15, 0.2) is 24.3 Å². The van der Waals surface area contributed by atoms with Gasteiger partial charge in [-0.1, -0.05) is 12.1 Å². The van der Waals surface area contributed by atoms with E-state index < -0.39 is 0 Å². The lowest BCUT2D eigenvalue weighted by Crippen LogP contribution is -2.41. The molecule has 0 aromatic heterocycles. The third-order valence-corrected chi connectivity index (χ3v) is 5.56. The highest BCUT2D eigenvalue weighted by Gasteiger charge is 2.39. The molecule has 2 heterocycles. The molecule has 1 atom stereocenters. The maximum Gasteiger partial charge on any atom is 0.229 e. The van der Waals surface area contributed by atoms with E-state index in [0.717, 1.165) is 37.3 Å². The number of rotatable bonds is 4. The van der Waals surface area contributed by atoms with Crippen molar-refractivity contribution < 1.29 is 14.3 Å². The number of carbonyl (C=O) groups excluding carboxylic acids is 2. The number of ether oxygens (including phenoxy) is 1. The summed E-state index contributed by atoms with van der Waals surface area (Å²) in [6.45, 7) is 3.62. The lowest BCUT2D eigenvalue weighted by atomic mass is 9.92. The minimum absolute atomic E-state index is 0.0455. The van der Waals surface area contributed by atoms with Crippen molar-refractivity contribution in [3.05, 3.63) is 24.3 Å². The first-order valence-corrected chi connectivity index (χ1v) is 9.24. The van der Waals surface area contributed by atoms with Gasteiger partial charge in [0.15, 0.2) is 0 Å². The Morgan fingerprint density at radius 3 is 2.64 bits per heavy atom. The maximum absolute atomic E-state index is 12.7. The van der Waals surface area contributed by atoms with Crippen LogP contribution in [0.25, 0.3) is 0 Å². The maximum atomic E-state index is 12.7. The van der Waals surface area contributed by atoms with Crippen LogP contribution in [0.4, 0.5) is 11.4 Å². The van der Waals surface area contributed by atoms with E-state index in [4.69, 9.17) is 4.74 Å². The second-order valence-corrected chi connectivity index (χ2v) is 7.14. The number of carbonyl (C=O) groups is 2. The molecule has 6 heteroatoms. The van der Waals surface area contributed by atoms with E-state index in [-0.39, 0.29) is 17.7 Å². The van der Waals surface area contributed by atoms with Gasteiger partial charge >= 0.3 is 0 Å². The summed E-state index contributed by atoms with van der Waals surface area (Å²) in [5.41, 5.74) is 1.85. The number of anilines is 2. The number of amides is 2. The van der Waals surface area contributed by atoms with Gasteiger partial charge in [0, 0.05) is 32.1 Å². The van der Waals surface area contributed by atoms with Gasteiger partial charge in [0.2, 0.25) is 11.8 Å². The van der Waals surface area contributed by atoms with Gasteiger partial charge in [-0.05, 0) is 31.4 Å². The Labute approximate surface area is 148 Å². The number of morpholine rings is 1. The smallest absolute Gasteiger partial charge is 0.229 e. The largest absolute Gasteiger partial charge is 0.378 e. The van der Waals surface area contributed by atoms with Crippen molar-refractivity contribution in [3.8, 4) is 0 Å². The molecular weight excluding hydrogens is 318 g/mol. The summed E-state index contributed by atoms with van der Waals surface area (Å²) in [4.78, 5) is 29.1. The number of nitrogens with one attached hydrogen (secondary N) is 1. The summed E-state index contributed by atoms with van der Waals surface area (Å²) >= 11 is 0. The van der Waals surface area contributed by atoms with E-state index in [1.165, 1.54) is 6.42 Å². The molecule has 0 bridgehead atoms. The van der Waals surface area contributed by atoms with Gasteiger partial charge in [-0.15, -0.1) is 0 Å². The van der Waals surface area contributed by atoms with Crippen molar-refractivity contribution in [3.63, 3.8) is 0 Å². The lowest BCUT2D eigenvalue weighted by molar-refractivity contribution is -0.131. The average Bonchev–Trinajstić information content (AvgIpc) is 2.96.